The van der Waals surface area contributed by atoms with Crippen molar-refractivity contribution in [3.05, 3.63) is 89.1 Å². The molecule has 12 heteroatoms. The lowest BCUT2D eigenvalue weighted by atomic mass is 10.1. The van der Waals surface area contributed by atoms with Gasteiger partial charge in [0.15, 0.2) is 0 Å². The van der Waals surface area contributed by atoms with E-state index in [9.17, 15) is 27.7 Å². The van der Waals surface area contributed by atoms with Crippen LogP contribution in [0.1, 0.15) is 32.0 Å². The van der Waals surface area contributed by atoms with E-state index in [-0.39, 0.29) is 21.8 Å². The number of H-pyrrole nitrogens is 1. The number of carbonyl (C=O) groups is 2. The molecule has 35 heavy (non-hydrogen) atoms. The number of aromatic amines is 1. The van der Waals surface area contributed by atoms with E-state index in [1.165, 1.54) is 36.5 Å². The molecule has 0 spiro atoms. The van der Waals surface area contributed by atoms with Gasteiger partial charge in [-0.2, -0.15) is 9.65 Å². The van der Waals surface area contributed by atoms with E-state index in [1.54, 1.807) is 19.1 Å². The van der Waals surface area contributed by atoms with Crippen LogP contribution < -0.4 is 15.6 Å². The number of aryl methyl sites for hydroxylation is 1. The van der Waals surface area contributed by atoms with Gasteiger partial charge in [-0.1, -0.05) is 18.2 Å². The highest BCUT2D eigenvalue weighted by Crippen LogP contribution is 2.30. The zero-order valence-electron chi connectivity index (χ0n) is 18.1. The molecule has 0 radical (unpaired) electrons. The van der Waals surface area contributed by atoms with Gasteiger partial charge >= 0.3 is 0 Å². The quantitative estimate of drug-likeness (QED) is 0.248. The highest BCUT2D eigenvalue weighted by molar-refractivity contribution is 7.92. The molecule has 0 saturated heterocycles. The maximum Gasteiger partial charge on any atom is 0.288 e. The molecule has 2 aromatic carbocycles. The lowest BCUT2D eigenvalue weighted by Crippen LogP contribution is -2.42. The molecule has 176 valence electrons. The normalized spacial score (nSPS) is 11.0. The average molecular weight is 492 g/mol. The minimum atomic E-state index is -4.12. The van der Waals surface area contributed by atoms with Gasteiger partial charge in [-0.3, -0.25) is 25.2 Å². The van der Waals surface area contributed by atoms with E-state index >= 15 is 0 Å². The van der Waals surface area contributed by atoms with Gasteiger partial charge in [-0.25, -0.2) is 13.4 Å². The number of nitrogens with zero attached hydrogens (tertiary/aromatic N) is 2. The number of carbonyl (C=O) groups excluding carboxylic acids is 2. The van der Waals surface area contributed by atoms with Crippen LogP contribution in [0.5, 0.6) is 0 Å². The molecule has 0 atom stereocenters. The summed E-state index contributed by atoms with van der Waals surface area (Å²) >= 11 is 0. The number of halogens is 1. The minimum absolute atomic E-state index is 0.0546. The number of hydrazine groups is 1. The number of nitrogens with one attached hydrogen (secondary N) is 4. The molecule has 2 amide bonds. The number of fused-ring (bicyclic) bond motifs is 1. The number of sulfonamides is 1. The number of anilines is 1. The Hall–Kier alpha value is -4.76. The van der Waals surface area contributed by atoms with Crippen LogP contribution in [-0.4, -0.2) is 30.2 Å². The summed E-state index contributed by atoms with van der Waals surface area (Å²) in [5.74, 6) is -2.51. The van der Waals surface area contributed by atoms with Crippen LogP contribution >= 0.6 is 0 Å². The highest BCUT2D eigenvalue weighted by Gasteiger charge is 2.20. The predicted octanol–water partition coefficient (Wildman–Crippen LogP) is 2.76. The minimum Gasteiger partial charge on any atom is -0.358 e. The van der Waals surface area contributed by atoms with Crippen molar-refractivity contribution in [3.63, 3.8) is 0 Å². The van der Waals surface area contributed by atoms with Crippen LogP contribution in [0.2, 0.25) is 0 Å². The Morgan fingerprint density at radius 2 is 1.80 bits per heavy atom. The van der Waals surface area contributed by atoms with E-state index in [4.69, 9.17) is 0 Å². The molecule has 0 saturated carbocycles. The monoisotopic (exact) mass is 492 g/mol. The molecule has 0 unspecified atom stereocenters. The third-order valence-electron chi connectivity index (χ3n) is 5.05. The summed E-state index contributed by atoms with van der Waals surface area (Å²) in [5, 5.41) is 9.90. The molecule has 4 rings (SSSR count). The van der Waals surface area contributed by atoms with Crippen molar-refractivity contribution in [1.29, 1.82) is 5.26 Å². The molecule has 4 N–H and O–H groups in total. The van der Waals surface area contributed by atoms with Crippen LogP contribution in [0.25, 0.3) is 10.9 Å². The van der Waals surface area contributed by atoms with E-state index in [0.29, 0.717) is 16.5 Å². The van der Waals surface area contributed by atoms with Gasteiger partial charge in [0.05, 0.1) is 21.7 Å². The van der Waals surface area contributed by atoms with Crippen molar-refractivity contribution in [2.45, 2.75) is 11.8 Å². The van der Waals surface area contributed by atoms with Crippen molar-refractivity contribution in [3.8, 4) is 6.07 Å². The van der Waals surface area contributed by atoms with Gasteiger partial charge in [0.2, 0.25) is 5.95 Å². The van der Waals surface area contributed by atoms with Gasteiger partial charge in [-0.05, 0) is 48.9 Å². The fourth-order valence-electron chi connectivity index (χ4n) is 3.39. The lowest BCUT2D eigenvalue weighted by Gasteiger charge is -2.12. The molecule has 0 aliphatic carbocycles. The molecule has 2 heterocycles. The summed E-state index contributed by atoms with van der Waals surface area (Å²) in [6.45, 7) is 1.81. The van der Waals surface area contributed by atoms with Crippen molar-refractivity contribution in [2.24, 2.45) is 0 Å². The van der Waals surface area contributed by atoms with Gasteiger partial charge in [-0.15, -0.1) is 0 Å². The number of hydrogen-bond donors (Lipinski definition) is 4. The fourth-order valence-corrected chi connectivity index (χ4v) is 4.50. The number of aromatic nitrogens is 2. The zero-order valence-corrected chi connectivity index (χ0v) is 18.9. The van der Waals surface area contributed by atoms with Crippen molar-refractivity contribution in [2.75, 3.05) is 4.72 Å². The summed E-state index contributed by atoms with van der Waals surface area (Å²) in [5.41, 5.74) is 5.79. The predicted molar refractivity (Wildman–Crippen MR) is 124 cm³/mol. The standard InChI is InChI=1S/C23H17FN6O4S/c1-13-8-9-17(21-20(13)15(11-25)12-26-21)30-35(33,34)16-5-2-4-14(10-16)22(31)28-29-23(32)18-6-3-7-19(24)27-18/h2-10,12,26,30H,1H3,(H,28,31)(H,29,32). The maximum absolute atomic E-state index is 13.2. The first kappa shape index (κ1) is 23.4. The molecular weight excluding hydrogens is 475 g/mol. The van der Waals surface area contributed by atoms with Crippen LogP contribution in [0.4, 0.5) is 10.1 Å². The molecule has 0 aliphatic heterocycles. The maximum atomic E-state index is 13.2. The Balaban J connectivity index is 1.53. The van der Waals surface area contributed by atoms with Gasteiger partial charge in [0.1, 0.15) is 11.8 Å². The van der Waals surface area contributed by atoms with Crippen molar-refractivity contribution in [1.82, 2.24) is 20.8 Å². The largest absolute Gasteiger partial charge is 0.358 e. The van der Waals surface area contributed by atoms with Crippen LogP contribution in [0.3, 0.4) is 0 Å². The Kier molecular flexibility index (Phi) is 6.18. The SMILES string of the molecule is Cc1ccc(NS(=O)(=O)c2cccc(C(=O)NNC(=O)c3cccc(F)n3)c2)c2[nH]cc(C#N)c12. The summed E-state index contributed by atoms with van der Waals surface area (Å²) in [6.07, 6.45) is 1.49. The summed E-state index contributed by atoms with van der Waals surface area (Å²) < 4.78 is 41.7. The van der Waals surface area contributed by atoms with Gasteiger partial charge in [0.25, 0.3) is 21.8 Å². The second kappa shape index (κ2) is 9.24. The second-order valence-corrected chi connectivity index (χ2v) is 9.06. The Morgan fingerprint density at radius 3 is 2.54 bits per heavy atom. The number of hydrogen-bond acceptors (Lipinski definition) is 6. The number of pyridine rings is 1. The first-order chi connectivity index (χ1) is 16.7. The van der Waals surface area contributed by atoms with Crippen molar-refractivity contribution >= 4 is 38.4 Å². The fraction of sp³-hybridized carbons (Fsp3) is 0.0435. The second-order valence-electron chi connectivity index (χ2n) is 7.38. The smallest absolute Gasteiger partial charge is 0.288 e. The Morgan fingerprint density at radius 1 is 1.06 bits per heavy atom. The molecule has 0 aliphatic rings. The molecule has 2 aromatic heterocycles. The van der Waals surface area contributed by atoms with Crippen LogP contribution in [0, 0.1) is 24.2 Å². The van der Waals surface area contributed by atoms with Gasteiger partial charge in [0, 0.05) is 17.1 Å². The van der Waals surface area contributed by atoms with E-state index in [2.05, 4.69) is 31.6 Å². The molecule has 4 aromatic rings. The Bertz CT molecular complexity index is 1620. The molecular formula is C23H17FN6O4S. The molecule has 10 nitrogen and oxygen atoms in total. The highest BCUT2D eigenvalue weighted by atomic mass is 32.2. The average Bonchev–Trinajstić information content (AvgIpc) is 3.29. The number of amides is 2. The number of rotatable bonds is 5. The van der Waals surface area contributed by atoms with Gasteiger partial charge < -0.3 is 4.98 Å². The summed E-state index contributed by atoms with van der Waals surface area (Å²) in [6, 6.07) is 14.1. The van der Waals surface area contributed by atoms with Crippen molar-refractivity contribution < 1.29 is 22.4 Å². The van der Waals surface area contributed by atoms with Crippen LogP contribution in [0.15, 0.2) is 65.7 Å². The third kappa shape index (κ3) is 4.80. The third-order valence-corrected chi connectivity index (χ3v) is 6.42. The first-order valence-corrected chi connectivity index (χ1v) is 11.5. The summed E-state index contributed by atoms with van der Waals surface area (Å²) in [4.78, 5) is 30.6. The molecule has 0 bridgehead atoms. The van der Waals surface area contributed by atoms with E-state index in [0.717, 1.165) is 17.7 Å². The Labute approximate surface area is 198 Å². The number of nitriles is 1. The van der Waals surface area contributed by atoms with E-state index in [1.807, 2.05) is 0 Å². The topological polar surface area (TPSA) is 157 Å². The first-order valence-electron chi connectivity index (χ1n) is 10.1. The zero-order chi connectivity index (χ0) is 25.2. The summed E-state index contributed by atoms with van der Waals surface area (Å²) in [7, 11) is -4.12. The molecule has 0 fully saturated rings. The van der Waals surface area contributed by atoms with E-state index < -0.39 is 27.8 Å². The number of benzene rings is 2. The van der Waals surface area contributed by atoms with Crippen LogP contribution in [-0.2, 0) is 10.0 Å². The lowest BCUT2D eigenvalue weighted by molar-refractivity contribution is 0.0843.